The maximum atomic E-state index is 12.8. The van der Waals surface area contributed by atoms with Gasteiger partial charge in [-0.15, -0.1) is 0 Å². The fraction of sp³-hybridized carbons (Fsp3) is 0.794. The molecule has 5 N–H and O–H groups in total. The molecular formula is C34H59NO8. The first-order chi connectivity index (χ1) is 20.5. The summed E-state index contributed by atoms with van der Waals surface area (Å²) >= 11 is 0. The van der Waals surface area contributed by atoms with Crippen LogP contribution in [0, 0.1) is 17.8 Å². The average Bonchev–Trinajstić information content (AvgIpc) is 2.97. The fourth-order valence-corrected chi connectivity index (χ4v) is 5.46. The lowest BCUT2D eigenvalue weighted by Crippen LogP contribution is -2.43. The van der Waals surface area contributed by atoms with E-state index in [-0.39, 0.29) is 43.6 Å². The standard InChI is InChI=1S/C34H59NO8/c1-5-11-32-33(41)35-22-29(38)21-31(40)30(39)19-18-27(23-36)15-9-13-26(6-2)14-10-17-28(37)16-8-7-12-24(3)20-25(4)34(42)43-32/h9,13,15,24-26,29-32,36,38-40H,5-8,10-12,14,16-23H2,1-4H3,(H,35,41). The Morgan fingerprint density at radius 3 is 2.30 bits per heavy atom. The van der Waals surface area contributed by atoms with Gasteiger partial charge < -0.3 is 30.5 Å². The molecule has 43 heavy (non-hydrogen) atoms. The van der Waals surface area contributed by atoms with Crippen molar-refractivity contribution in [2.24, 2.45) is 17.8 Å². The van der Waals surface area contributed by atoms with E-state index in [4.69, 9.17) is 4.74 Å². The van der Waals surface area contributed by atoms with Crippen LogP contribution in [0.15, 0.2) is 23.8 Å². The first kappa shape index (κ1) is 39.0. The molecule has 0 aromatic heterocycles. The van der Waals surface area contributed by atoms with E-state index in [0.717, 1.165) is 38.5 Å². The molecule has 0 bridgehead atoms. The van der Waals surface area contributed by atoms with Crippen LogP contribution < -0.4 is 5.32 Å². The number of aliphatic hydroxyl groups is 4. The Balaban J connectivity index is 2.92. The monoisotopic (exact) mass is 609 g/mol. The molecule has 1 rings (SSSR count). The first-order valence-electron chi connectivity index (χ1n) is 16.5. The number of ketones is 1. The van der Waals surface area contributed by atoms with Crippen LogP contribution in [0.1, 0.15) is 118 Å². The average molecular weight is 610 g/mol. The van der Waals surface area contributed by atoms with Crippen molar-refractivity contribution in [2.75, 3.05) is 13.2 Å². The lowest BCUT2D eigenvalue weighted by atomic mass is 9.92. The minimum absolute atomic E-state index is 0.145. The smallest absolute Gasteiger partial charge is 0.309 e. The highest BCUT2D eigenvalue weighted by Crippen LogP contribution is 2.22. The highest BCUT2D eigenvalue weighted by molar-refractivity contribution is 5.84. The van der Waals surface area contributed by atoms with Gasteiger partial charge in [0.05, 0.1) is 30.8 Å². The van der Waals surface area contributed by atoms with Crippen LogP contribution in [0.25, 0.3) is 0 Å². The molecular weight excluding hydrogens is 550 g/mol. The van der Waals surface area contributed by atoms with Crippen molar-refractivity contribution in [3.05, 3.63) is 23.8 Å². The van der Waals surface area contributed by atoms with Crippen LogP contribution in [-0.4, -0.2) is 75.7 Å². The number of amides is 1. The number of aliphatic hydroxyl groups excluding tert-OH is 4. The van der Waals surface area contributed by atoms with Gasteiger partial charge in [0, 0.05) is 25.8 Å². The van der Waals surface area contributed by atoms with E-state index in [2.05, 4.69) is 25.2 Å². The van der Waals surface area contributed by atoms with Gasteiger partial charge in [0.15, 0.2) is 6.10 Å². The summed E-state index contributed by atoms with van der Waals surface area (Å²) in [4.78, 5) is 38.0. The molecule has 0 aromatic rings. The number of carbonyl (C=O) groups excluding carboxylic acids is 3. The summed E-state index contributed by atoms with van der Waals surface area (Å²) in [5.74, 6) is -0.417. The first-order valence-corrected chi connectivity index (χ1v) is 16.5. The third-order valence-corrected chi connectivity index (χ3v) is 8.37. The van der Waals surface area contributed by atoms with Crippen LogP contribution in [0.2, 0.25) is 0 Å². The van der Waals surface area contributed by atoms with E-state index in [1.54, 1.807) is 6.92 Å². The van der Waals surface area contributed by atoms with E-state index >= 15 is 0 Å². The van der Waals surface area contributed by atoms with Crippen molar-refractivity contribution < 1.29 is 39.5 Å². The highest BCUT2D eigenvalue weighted by Gasteiger charge is 2.27. The minimum atomic E-state index is -1.21. The summed E-state index contributed by atoms with van der Waals surface area (Å²) in [6.07, 6.45) is 9.97. The zero-order chi connectivity index (χ0) is 32.2. The number of nitrogens with one attached hydrogen (secondary N) is 1. The van der Waals surface area contributed by atoms with Crippen LogP contribution in [0.5, 0.6) is 0 Å². The van der Waals surface area contributed by atoms with Gasteiger partial charge in [0.1, 0.15) is 5.78 Å². The van der Waals surface area contributed by atoms with Crippen molar-refractivity contribution in [3.8, 4) is 0 Å². The Morgan fingerprint density at radius 1 is 0.907 bits per heavy atom. The zero-order valence-corrected chi connectivity index (χ0v) is 27.0. The number of ether oxygens (including phenoxy) is 1. The van der Waals surface area contributed by atoms with E-state index < -0.39 is 36.3 Å². The molecule has 0 fully saturated rings. The normalized spacial score (nSPS) is 31.3. The quantitative estimate of drug-likeness (QED) is 0.291. The summed E-state index contributed by atoms with van der Waals surface area (Å²) in [6, 6.07) is 0. The molecule has 1 aliphatic rings. The number of hydrogen-bond donors (Lipinski definition) is 5. The number of allylic oxidation sites excluding steroid dienone is 3. The van der Waals surface area contributed by atoms with Crippen molar-refractivity contribution in [2.45, 2.75) is 142 Å². The predicted molar refractivity (Wildman–Crippen MR) is 168 cm³/mol. The number of hydrogen-bond acceptors (Lipinski definition) is 8. The van der Waals surface area contributed by atoms with Crippen LogP contribution in [0.4, 0.5) is 0 Å². The summed E-state index contributed by atoms with van der Waals surface area (Å²) in [6.45, 7) is 7.56. The second-order valence-corrected chi connectivity index (χ2v) is 12.5. The van der Waals surface area contributed by atoms with Gasteiger partial charge in [-0.05, 0) is 68.8 Å². The number of β-amino-alcohol motifs (C(OH)–C–C–N with tert-alkyl or cyclic N) is 1. The molecule has 7 atom stereocenters. The maximum absolute atomic E-state index is 12.8. The maximum Gasteiger partial charge on any atom is 0.309 e. The lowest BCUT2D eigenvalue weighted by molar-refractivity contribution is -0.160. The summed E-state index contributed by atoms with van der Waals surface area (Å²) in [7, 11) is 0. The predicted octanol–water partition coefficient (Wildman–Crippen LogP) is 4.54. The molecule has 0 saturated carbocycles. The number of cyclic esters (lactones) is 1. The zero-order valence-electron chi connectivity index (χ0n) is 27.0. The molecule has 1 heterocycles. The van der Waals surface area contributed by atoms with Crippen LogP contribution >= 0.6 is 0 Å². The van der Waals surface area contributed by atoms with Crippen molar-refractivity contribution in [1.29, 1.82) is 0 Å². The number of carbonyl (C=O) groups is 3. The molecule has 0 aromatic carbocycles. The molecule has 0 saturated heterocycles. The highest BCUT2D eigenvalue weighted by atomic mass is 16.5. The van der Waals surface area contributed by atoms with Gasteiger partial charge in [-0.25, -0.2) is 0 Å². The SMILES string of the molecule is CCCC1OC(=O)C(C)CC(C)CCCCC(=O)CCCC(CC)C=CC=C(CO)CCC(O)C(O)CC(O)CNC1=O. The molecule has 1 aliphatic heterocycles. The molecule has 0 spiro atoms. The third-order valence-electron chi connectivity index (χ3n) is 8.37. The Hall–Kier alpha value is -2.07. The Kier molecular flexibility index (Phi) is 20.3. The Labute approximate surface area is 259 Å². The van der Waals surface area contributed by atoms with Crippen molar-refractivity contribution >= 4 is 17.7 Å². The number of esters is 1. The topological polar surface area (TPSA) is 153 Å². The van der Waals surface area contributed by atoms with E-state index in [1.165, 1.54) is 0 Å². The Bertz CT molecular complexity index is 872. The second kappa shape index (κ2) is 22.4. The van der Waals surface area contributed by atoms with Gasteiger partial charge in [0.25, 0.3) is 5.91 Å². The summed E-state index contributed by atoms with van der Waals surface area (Å²) < 4.78 is 5.57. The molecule has 248 valence electrons. The number of rotatable bonds is 4. The second-order valence-electron chi connectivity index (χ2n) is 12.5. The number of Topliss-reactive ketones (excluding diaryl/α,β-unsaturated/α-hetero) is 1. The molecule has 9 nitrogen and oxygen atoms in total. The Morgan fingerprint density at radius 2 is 1.63 bits per heavy atom. The molecule has 0 aliphatic carbocycles. The van der Waals surface area contributed by atoms with Crippen molar-refractivity contribution in [3.63, 3.8) is 0 Å². The minimum Gasteiger partial charge on any atom is -0.452 e. The van der Waals surface area contributed by atoms with Crippen LogP contribution in [-0.2, 0) is 19.1 Å². The lowest BCUT2D eigenvalue weighted by Gasteiger charge is -2.23. The fourth-order valence-electron chi connectivity index (χ4n) is 5.46. The van der Waals surface area contributed by atoms with Gasteiger partial charge in [-0.2, -0.15) is 0 Å². The van der Waals surface area contributed by atoms with E-state index in [0.29, 0.717) is 50.0 Å². The van der Waals surface area contributed by atoms with E-state index in [1.807, 2.05) is 19.1 Å². The van der Waals surface area contributed by atoms with Crippen molar-refractivity contribution in [1.82, 2.24) is 5.32 Å². The van der Waals surface area contributed by atoms with Gasteiger partial charge in [-0.1, -0.05) is 65.2 Å². The largest absolute Gasteiger partial charge is 0.452 e. The molecule has 9 heteroatoms. The van der Waals surface area contributed by atoms with Gasteiger partial charge in [0.2, 0.25) is 0 Å². The van der Waals surface area contributed by atoms with Gasteiger partial charge >= 0.3 is 5.97 Å². The molecule has 0 radical (unpaired) electrons. The van der Waals surface area contributed by atoms with E-state index in [9.17, 15) is 34.8 Å². The summed E-state index contributed by atoms with van der Waals surface area (Å²) in [5.41, 5.74) is 0.716. The molecule has 1 amide bonds. The van der Waals surface area contributed by atoms with Gasteiger partial charge in [-0.3, -0.25) is 14.4 Å². The summed E-state index contributed by atoms with van der Waals surface area (Å²) in [5, 5.41) is 43.6. The molecule has 7 unspecified atom stereocenters. The van der Waals surface area contributed by atoms with Crippen LogP contribution in [0.3, 0.4) is 0 Å². The third kappa shape index (κ3) is 17.1.